The molecule has 18 heavy (non-hydrogen) atoms. The van der Waals surface area contributed by atoms with Crippen molar-refractivity contribution in [2.45, 2.75) is 52.0 Å². The molecule has 1 aliphatic heterocycles. The molecule has 0 aromatic carbocycles. The zero-order valence-corrected chi connectivity index (χ0v) is 11.5. The molecule has 0 aromatic heterocycles. The van der Waals surface area contributed by atoms with E-state index in [1.54, 1.807) is 0 Å². The van der Waals surface area contributed by atoms with E-state index in [2.05, 4.69) is 15.5 Å². The Morgan fingerprint density at radius 3 is 2.33 bits per heavy atom. The number of rotatable bonds is 4. The van der Waals surface area contributed by atoms with Crippen LogP contribution in [-0.2, 0) is 4.79 Å². The lowest BCUT2D eigenvalue weighted by molar-refractivity contribution is -0.121. The summed E-state index contributed by atoms with van der Waals surface area (Å²) < 4.78 is 0. The van der Waals surface area contributed by atoms with Crippen molar-refractivity contribution >= 4 is 11.9 Å². The SMILES string of the molecule is CC[C@@H](C)NC(=O)NC(=O)CN1CCCCCC1. The van der Waals surface area contributed by atoms with Crippen LogP contribution in [0.1, 0.15) is 46.0 Å². The van der Waals surface area contributed by atoms with Crippen LogP contribution in [0, 0.1) is 0 Å². The largest absolute Gasteiger partial charge is 0.335 e. The number of amides is 3. The molecule has 0 spiro atoms. The molecule has 5 nitrogen and oxygen atoms in total. The number of hydrogen-bond acceptors (Lipinski definition) is 3. The van der Waals surface area contributed by atoms with Crippen LogP contribution >= 0.6 is 0 Å². The average Bonchev–Trinajstić information content (AvgIpc) is 2.57. The maximum absolute atomic E-state index is 11.7. The summed E-state index contributed by atoms with van der Waals surface area (Å²) in [5, 5.41) is 5.10. The third-order valence-corrected chi connectivity index (χ3v) is 3.31. The molecule has 0 saturated carbocycles. The number of likely N-dealkylation sites (tertiary alicyclic amines) is 1. The van der Waals surface area contributed by atoms with Crippen LogP contribution in [-0.4, -0.2) is 42.5 Å². The van der Waals surface area contributed by atoms with E-state index in [1.807, 2.05) is 13.8 Å². The van der Waals surface area contributed by atoms with Gasteiger partial charge in [0.2, 0.25) is 5.91 Å². The van der Waals surface area contributed by atoms with Crippen molar-refractivity contribution in [3.8, 4) is 0 Å². The molecule has 0 aromatic rings. The standard InChI is InChI=1S/C13H25N3O2/c1-3-11(2)14-13(18)15-12(17)10-16-8-6-4-5-7-9-16/h11H,3-10H2,1-2H3,(H2,14,15,17,18)/t11-/m1/s1. The van der Waals surface area contributed by atoms with Crippen molar-refractivity contribution in [2.75, 3.05) is 19.6 Å². The van der Waals surface area contributed by atoms with Crippen LogP contribution in [0.25, 0.3) is 0 Å². The van der Waals surface area contributed by atoms with Gasteiger partial charge in [0, 0.05) is 6.04 Å². The zero-order valence-electron chi connectivity index (χ0n) is 11.5. The second-order valence-electron chi connectivity index (χ2n) is 5.02. The van der Waals surface area contributed by atoms with E-state index < -0.39 is 0 Å². The number of nitrogens with one attached hydrogen (secondary N) is 2. The Morgan fingerprint density at radius 1 is 1.17 bits per heavy atom. The Balaban J connectivity index is 2.25. The van der Waals surface area contributed by atoms with Gasteiger partial charge in [-0.15, -0.1) is 0 Å². The molecular formula is C13H25N3O2. The molecule has 2 N–H and O–H groups in total. The number of urea groups is 1. The van der Waals surface area contributed by atoms with Crippen molar-refractivity contribution in [3.05, 3.63) is 0 Å². The number of nitrogens with zero attached hydrogens (tertiary/aromatic N) is 1. The minimum atomic E-state index is -0.385. The number of carbonyl (C=O) groups is 2. The van der Waals surface area contributed by atoms with E-state index in [1.165, 1.54) is 12.8 Å². The van der Waals surface area contributed by atoms with Crippen LogP contribution in [0.4, 0.5) is 4.79 Å². The smallest absolute Gasteiger partial charge is 0.321 e. The Morgan fingerprint density at radius 2 is 1.78 bits per heavy atom. The van der Waals surface area contributed by atoms with Gasteiger partial charge >= 0.3 is 6.03 Å². The van der Waals surface area contributed by atoms with Gasteiger partial charge in [0.1, 0.15) is 0 Å². The van der Waals surface area contributed by atoms with Crippen molar-refractivity contribution in [3.63, 3.8) is 0 Å². The van der Waals surface area contributed by atoms with Crippen LogP contribution in [0.3, 0.4) is 0 Å². The summed E-state index contributed by atoms with van der Waals surface area (Å²) in [4.78, 5) is 25.3. The van der Waals surface area contributed by atoms with Gasteiger partial charge < -0.3 is 5.32 Å². The third-order valence-electron chi connectivity index (χ3n) is 3.31. The van der Waals surface area contributed by atoms with Crippen molar-refractivity contribution in [1.82, 2.24) is 15.5 Å². The molecule has 3 amide bonds. The van der Waals surface area contributed by atoms with Gasteiger partial charge in [-0.05, 0) is 39.3 Å². The van der Waals surface area contributed by atoms with Crippen LogP contribution in [0.5, 0.6) is 0 Å². The normalized spacial score (nSPS) is 18.8. The highest BCUT2D eigenvalue weighted by Gasteiger charge is 2.15. The van der Waals surface area contributed by atoms with E-state index in [9.17, 15) is 9.59 Å². The maximum atomic E-state index is 11.7. The van der Waals surface area contributed by atoms with Gasteiger partial charge in [-0.25, -0.2) is 4.79 Å². The minimum absolute atomic E-state index is 0.0935. The first-order valence-corrected chi connectivity index (χ1v) is 6.94. The number of hydrogen-bond donors (Lipinski definition) is 2. The number of imide groups is 1. The minimum Gasteiger partial charge on any atom is -0.335 e. The predicted octanol–water partition coefficient (Wildman–Crippen LogP) is 1.49. The zero-order chi connectivity index (χ0) is 13.4. The van der Waals surface area contributed by atoms with E-state index in [0.717, 1.165) is 32.4 Å². The van der Waals surface area contributed by atoms with Gasteiger partial charge in [-0.3, -0.25) is 15.0 Å². The highest BCUT2D eigenvalue weighted by Crippen LogP contribution is 2.08. The first-order valence-electron chi connectivity index (χ1n) is 6.94. The molecule has 1 aliphatic rings. The molecule has 1 saturated heterocycles. The fourth-order valence-corrected chi connectivity index (χ4v) is 2.03. The summed E-state index contributed by atoms with van der Waals surface area (Å²) in [6, 6.07) is -0.292. The lowest BCUT2D eigenvalue weighted by Crippen LogP contribution is -2.47. The summed E-state index contributed by atoms with van der Waals surface area (Å²) in [6.45, 7) is 6.15. The Kier molecular flexibility index (Phi) is 6.72. The summed E-state index contributed by atoms with van der Waals surface area (Å²) in [7, 11) is 0. The molecule has 0 aliphatic carbocycles. The van der Waals surface area contributed by atoms with Gasteiger partial charge in [0.05, 0.1) is 6.54 Å². The first kappa shape index (κ1) is 15.0. The van der Waals surface area contributed by atoms with Gasteiger partial charge in [-0.1, -0.05) is 19.8 Å². The van der Waals surface area contributed by atoms with Crippen LogP contribution in [0.15, 0.2) is 0 Å². The van der Waals surface area contributed by atoms with Crippen molar-refractivity contribution in [1.29, 1.82) is 0 Å². The molecule has 1 heterocycles. The lowest BCUT2D eigenvalue weighted by Gasteiger charge is -2.19. The van der Waals surface area contributed by atoms with E-state index in [4.69, 9.17) is 0 Å². The molecule has 104 valence electrons. The Labute approximate surface area is 109 Å². The highest BCUT2D eigenvalue weighted by molar-refractivity contribution is 5.95. The lowest BCUT2D eigenvalue weighted by atomic mass is 10.2. The molecule has 0 radical (unpaired) electrons. The second kappa shape index (κ2) is 8.08. The molecule has 1 rings (SSSR count). The molecule has 1 atom stereocenters. The fraction of sp³-hybridized carbons (Fsp3) is 0.846. The van der Waals surface area contributed by atoms with Crippen LogP contribution < -0.4 is 10.6 Å². The highest BCUT2D eigenvalue weighted by atomic mass is 16.2. The summed E-state index contributed by atoms with van der Waals surface area (Å²) in [5.41, 5.74) is 0. The average molecular weight is 255 g/mol. The monoisotopic (exact) mass is 255 g/mol. The summed E-state index contributed by atoms with van der Waals surface area (Å²) >= 11 is 0. The molecule has 1 fully saturated rings. The Hall–Kier alpha value is -1.10. The quantitative estimate of drug-likeness (QED) is 0.800. The molecule has 0 bridgehead atoms. The molecular weight excluding hydrogens is 230 g/mol. The molecule has 5 heteroatoms. The number of carbonyl (C=O) groups excluding carboxylic acids is 2. The first-order chi connectivity index (χ1) is 8.61. The van der Waals surface area contributed by atoms with E-state index >= 15 is 0 Å². The van der Waals surface area contributed by atoms with Gasteiger partial charge in [0.15, 0.2) is 0 Å². The van der Waals surface area contributed by atoms with E-state index in [0.29, 0.717) is 6.54 Å². The summed E-state index contributed by atoms with van der Waals surface area (Å²) in [5.74, 6) is -0.210. The van der Waals surface area contributed by atoms with Gasteiger partial charge in [-0.2, -0.15) is 0 Å². The van der Waals surface area contributed by atoms with Crippen LogP contribution in [0.2, 0.25) is 0 Å². The van der Waals surface area contributed by atoms with E-state index in [-0.39, 0.29) is 18.0 Å². The van der Waals surface area contributed by atoms with Crippen molar-refractivity contribution < 1.29 is 9.59 Å². The Bertz CT molecular complexity index is 273. The maximum Gasteiger partial charge on any atom is 0.321 e. The molecule has 0 unspecified atom stereocenters. The predicted molar refractivity (Wildman–Crippen MR) is 71.3 cm³/mol. The van der Waals surface area contributed by atoms with Gasteiger partial charge in [0.25, 0.3) is 0 Å². The third kappa shape index (κ3) is 6.00. The second-order valence-corrected chi connectivity index (χ2v) is 5.02. The summed E-state index contributed by atoms with van der Waals surface area (Å²) in [6.07, 6.45) is 5.63. The van der Waals surface area contributed by atoms with Crippen molar-refractivity contribution in [2.24, 2.45) is 0 Å². The fourth-order valence-electron chi connectivity index (χ4n) is 2.03. The topological polar surface area (TPSA) is 61.4 Å².